The molecular weight excluding hydrogens is 346 g/mol. The summed E-state index contributed by atoms with van der Waals surface area (Å²) in [5.74, 6) is -0.149. The minimum atomic E-state index is -0.508. The van der Waals surface area contributed by atoms with Gasteiger partial charge in [-0.05, 0) is 32.2 Å². The van der Waals surface area contributed by atoms with Gasteiger partial charge in [0.2, 0.25) is 0 Å². The van der Waals surface area contributed by atoms with E-state index in [0.717, 1.165) is 9.88 Å². The highest BCUT2D eigenvalue weighted by atomic mass is 32.1. The molecule has 1 saturated heterocycles. The van der Waals surface area contributed by atoms with Gasteiger partial charge in [0.25, 0.3) is 5.91 Å². The van der Waals surface area contributed by atoms with Gasteiger partial charge >= 0.3 is 6.09 Å². The summed E-state index contributed by atoms with van der Waals surface area (Å²) in [7, 11) is 0. The number of hydrogen-bond donors (Lipinski definition) is 1. The second-order valence-corrected chi connectivity index (χ2v) is 8.54. The summed E-state index contributed by atoms with van der Waals surface area (Å²) < 4.78 is 5.29. The average Bonchev–Trinajstić information content (AvgIpc) is 3.09. The Morgan fingerprint density at radius 2 is 2.12 bits per heavy atom. The lowest BCUT2D eigenvalue weighted by molar-refractivity contribution is 0.00535. The summed E-state index contributed by atoms with van der Waals surface area (Å²) in [6, 6.07) is 3.90. The predicted octanol–water partition coefficient (Wildman–Crippen LogP) is 3.22. The summed E-state index contributed by atoms with van der Waals surface area (Å²) in [4.78, 5) is 31.6. The van der Waals surface area contributed by atoms with Crippen LogP contribution in [0.15, 0.2) is 23.7 Å². The van der Waals surface area contributed by atoms with Crippen molar-refractivity contribution >= 4 is 34.7 Å². The lowest BCUT2D eigenvalue weighted by Crippen LogP contribution is -2.61. The Hall–Kier alpha value is -1.93. The van der Waals surface area contributed by atoms with Gasteiger partial charge in [0.15, 0.2) is 0 Å². The first kappa shape index (κ1) is 16.9. The maximum Gasteiger partial charge on any atom is 0.410 e. The molecule has 0 atom stereocenters. The SMILES string of the molecule is CC(C)(C)OC(=O)N1CC(NC(=O)c2cnc(-c3cccs3)s2)C1. The zero-order chi connectivity index (χ0) is 17.3. The van der Waals surface area contributed by atoms with Crippen molar-refractivity contribution in [3.05, 3.63) is 28.6 Å². The molecule has 1 aliphatic rings. The molecule has 3 heterocycles. The van der Waals surface area contributed by atoms with Crippen molar-refractivity contribution in [3.8, 4) is 9.88 Å². The van der Waals surface area contributed by atoms with Gasteiger partial charge in [-0.3, -0.25) is 4.79 Å². The summed E-state index contributed by atoms with van der Waals surface area (Å²) in [5.41, 5.74) is -0.508. The van der Waals surface area contributed by atoms with E-state index in [0.29, 0.717) is 18.0 Å². The van der Waals surface area contributed by atoms with Crippen molar-refractivity contribution in [1.29, 1.82) is 0 Å². The van der Waals surface area contributed by atoms with Gasteiger partial charge in [0, 0.05) is 13.1 Å². The molecule has 1 fully saturated rings. The van der Waals surface area contributed by atoms with Crippen molar-refractivity contribution < 1.29 is 14.3 Å². The molecule has 0 bridgehead atoms. The molecule has 8 heteroatoms. The molecule has 128 valence electrons. The first-order valence-corrected chi connectivity index (χ1v) is 9.30. The van der Waals surface area contributed by atoms with Gasteiger partial charge < -0.3 is 15.0 Å². The summed E-state index contributed by atoms with van der Waals surface area (Å²) in [6.07, 6.45) is 1.25. The largest absolute Gasteiger partial charge is 0.444 e. The number of nitrogens with one attached hydrogen (secondary N) is 1. The van der Waals surface area contributed by atoms with E-state index in [1.807, 2.05) is 38.3 Å². The lowest BCUT2D eigenvalue weighted by atomic mass is 10.1. The van der Waals surface area contributed by atoms with Crippen molar-refractivity contribution in [2.75, 3.05) is 13.1 Å². The fourth-order valence-electron chi connectivity index (χ4n) is 2.20. The Morgan fingerprint density at radius 1 is 1.38 bits per heavy atom. The Morgan fingerprint density at radius 3 is 2.75 bits per heavy atom. The molecule has 0 unspecified atom stereocenters. The number of ether oxygens (including phenoxy) is 1. The topological polar surface area (TPSA) is 71.5 Å². The minimum Gasteiger partial charge on any atom is -0.444 e. The number of rotatable bonds is 3. The predicted molar refractivity (Wildman–Crippen MR) is 94.5 cm³/mol. The number of likely N-dealkylation sites (tertiary alicyclic amines) is 1. The zero-order valence-electron chi connectivity index (χ0n) is 13.7. The molecule has 0 spiro atoms. The molecule has 0 aliphatic carbocycles. The van der Waals surface area contributed by atoms with Crippen LogP contribution in [0.2, 0.25) is 0 Å². The van der Waals surface area contributed by atoms with E-state index in [4.69, 9.17) is 4.74 Å². The molecule has 24 heavy (non-hydrogen) atoms. The second kappa shape index (κ2) is 6.52. The maximum atomic E-state index is 12.3. The normalized spacial score (nSPS) is 15.0. The van der Waals surface area contributed by atoms with Gasteiger partial charge in [0.05, 0.1) is 17.1 Å². The van der Waals surface area contributed by atoms with Gasteiger partial charge in [0.1, 0.15) is 15.5 Å². The van der Waals surface area contributed by atoms with Crippen LogP contribution in [0.25, 0.3) is 9.88 Å². The Kier molecular flexibility index (Phi) is 4.60. The van der Waals surface area contributed by atoms with Crippen LogP contribution < -0.4 is 5.32 Å². The molecular formula is C16H19N3O3S2. The fourth-order valence-corrected chi connectivity index (χ4v) is 3.82. The number of carbonyl (C=O) groups excluding carboxylic acids is 2. The van der Waals surface area contributed by atoms with E-state index < -0.39 is 5.60 Å². The molecule has 0 aromatic carbocycles. The quantitative estimate of drug-likeness (QED) is 0.906. The van der Waals surface area contributed by atoms with Crippen LogP contribution in [-0.4, -0.2) is 46.6 Å². The van der Waals surface area contributed by atoms with Gasteiger partial charge in [-0.15, -0.1) is 22.7 Å². The van der Waals surface area contributed by atoms with Crippen LogP contribution >= 0.6 is 22.7 Å². The van der Waals surface area contributed by atoms with Gasteiger partial charge in [-0.2, -0.15) is 0 Å². The number of hydrogen-bond acceptors (Lipinski definition) is 6. The maximum absolute atomic E-state index is 12.3. The van der Waals surface area contributed by atoms with Crippen LogP contribution in [0.1, 0.15) is 30.4 Å². The Labute approximate surface area is 148 Å². The molecule has 2 aromatic heterocycles. The first-order chi connectivity index (χ1) is 11.3. The molecule has 2 amide bonds. The van der Waals surface area contributed by atoms with Crippen molar-refractivity contribution in [1.82, 2.24) is 15.2 Å². The molecule has 6 nitrogen and oxygen atoms in total. The third-order valence-electron chi connectivity index (χ3n) is 3.33. The first-order valence-electron chi connectivity index (χ1n) is 7.60. The lowest BCUT2D eigenvalue weighted by Gasteiger charge is -2.39. The summed E-state index contributed by atoms with van der Waals surface area (Å²) >= 11 is 2.97. The summed E-state index contributed by atoms with van der Waals surface area (Å²) in [6.45, 7) is 6.44. The van der Waals surface area contributed by atoms with E-state index in [9.17, 15) is 9.59 Å². The molecule has 0 saturated carbocycles. The third-order valence-corrected chi connectivity index (χ3v) is 5.37. The van der Waals surface area contributed by atoms with Gasteiger partial charge in [-0.1, -0.05) is 6.07 Å². The Balaban J connectivity index is 1.50. The van der Waals surface area contributed by atoms with Crippen molar-refractivity contribution in [2.45, 2.75) is 32.4 Å². The zero-order valence-corrected chi connectivity index (χ0v) is 15.4. The number of thiazole rings is 1. The highest BCUT2D eigenvalue weighted by Gasteiger charge is 2.34. The van der Waals surface area contributed by atoms with Crippen LogP contribution in [0.4, 0.5) is 4.79 Å². The molecule has 2 aromatic rings. The molecule has 0 radical (unpaired) electrons. The van der Waals surface area contributed by atoms with Crippen LogP contribution in [0.3, 0.4) is 0 Å². The van der Waals surface area contributed by atoms with Crippen molar-refractivity contribution in [3.63, 3.8) is 0 Å². The van der Waals surface area contributed by atoms with Crippen LogP contribution in [0, 0.1) is 0 Å². The van der Waals surface area contributed by atoms with E-state index in [-0.39, 0.29) is 18.0 Å². The number of carbonyl (C=O) groups is 2. The van der Waals surface area contributed by atoms with E-state index in [1.165, 1.54) is 11.3 Å². The molecule has 1 aliphatic heterocycles. The third kappa shape index (κ3) is 3.93. The Bertz CT molecular complexity index is 728. The second-order valence-electron chi connectivity index (χ2n) is 6.56. The smallest absolute Gasteiger partial charge is 0.410 e. The van der Waals surface area contributed by atoms with Crippen LogP contribution in [-0.2, 0) is 4.74 Å². The highest BCUT2D eigenvalue weighted by molar-refractivity contribution is 7.21. The minimum absolute atomic E-state index is 0.0442. The summed E-state index contributed by atoms with van der Waals surface area (Å²) in [5, 5.41) is 5.75. The number of aromatic nitrogens is 1. The molecule has 1 N–H and O–H groups in total. The average molecular weight is 365 g/mol. The van der Waals surface area contributed by atoms with E-state index in [2.05, 4.69) is 10.3 Å². The number of thiophene rings is 1. The van der Waals surface area contributed by atoms with Crippen LogP contribution in [0.5, 0.6) is 0 Å². The fraction of sp³-hybridized carbons (Fsp3) is 0.438. The number of amides is 2. The molecule has 3 rings (SSSR count). The van der Waals surface area contributed by atoms with Gasteiger partial charge in [-0.25, -0.2) is 9.78 Å². The standard InChI is InChI=1S/C16H19N3O3S2/c1-16(2,3)22-15(21)19-8-10(9-19)18-13(20)12-7-17-14(24-12)11-5-4-6-23-11/h4-7,10H,8-9H2,1-3H3,(H,18,20). The van der Waals surface area contributed by atoms with Crippen molar-refractivity contribution in [2.24, 2.45) is 0 Å². The number of nitrogens with zero attached hydrogens (tertiary/aromatic N) is 2. The van der Waals surface area contributed by atoms with E-state index >= 15 is 0 Å². The monoisotopic (exact) mass is 365 g/mol. The highest BCUT2D eigenvalue weighted by Crippen LogP contribution is 2.29. The van der Waals surface area contributed by atoms with E-state index in [1.54, 1.807) is 22.4 Å².